The standard InChI is InChI=1S/C19H20N4O3/c1-13(25)23-16(10-24)17(14-5-3-2-4-6-14)19(23)11-22(12-19)18(26)15-9-20-7-8-21-15/h2-9,16-17,24H,10-12H2,1H3/t16-,17+/m0/s1. The van der Waals surface area contributed by atoms with E-state index in [2.05, 4.69) is 9.97 Å². The molecule has 1 N–H and O–H groups in total. The molecule has 4 rings (SSSR count). The van der Waals surface area contributed by atoms with Gasteiger partial charge in [0.15, 0.2) is 0 Å². The maximum absolute atomic E-state index is 12.6. The van der Waals surface area contributed by atoms with E-state index < -0.39 is 5.54 Å². The van der Waals surface area contributed by atoms with Gasteiger partial charge in [-0.2, -0.15) is 0 Å². The van der Waals surface area contributed by atoms with Gasteiger partial charge in [0.05, 0.1) is 24.4 Å². The Morgan fingerprint density at radius 2 is 1.96 bits per heavy atom. The molecule has 0 bridgehead atoms. The van der Waals surface area contributed by atoms with Gasteiger partial charge in [0.2, 0.25) is 5.91 Å². The van der Waals surface area contributed by atoms with E-state index in [9.17, 15) is 14.7 Å². The monoisotopic (exact) mass is 352 g/mol. The minimum Gasteiger partial charge on any atom is -0.394 e. The van der Waals surface area contributed by atoms with Crippen LogP contribution in [-0.4, -0.2) is 68.0 Å². The Balaban J connectivity index is 1.61. The molecule has 2 fully saturated rings. The molecule has 1 aromatic carbocycles. The van der Waals surface area contributed by atoms with Crippen LogP contribution in [0.2, 0.25) is 0 Å². The Bertz CT molecular complexity index is 821. The Labute approximate surface area is 151 Å². The van der Waals surface area contributed by atoms with Gasteiger partial charge in [-0.15, -0.1) is 0 Å². The fraction of sp³-hybridized carbons (Fsp3) is 0.368. The number of nitrogens with zero attached hydrogens (tertiary/aromatic N) is 4. The van der Waals surface area contributed by atoms with Gasteiger partial charge in [-0.25, -0.2) is 4.98 Å². The molecule has 7 nitrogen and oxygen atoms in total. The maximum atomic E-state index is 12.6. The number of carbonyl (C=O) groups excluding carboxylic acids is 2. The van der Waals surface area contributed by atoms with E-state index in [-0.39, 0.29) is 30.4 Å². The Morgan fingerprint density at radius 1 is 1.23 bits per heavy atom. The maximum Gasteiger partial charge on any atom is 0.274 e. The van der Waals surface area contributed by atoms with E-state index in [0.717, 1.165) is 5.56 Å². The van der Waals surface area contributed by atoms with E-state index in [0.29, 0.717) is 18.8 Å². The van der Waals surface area contributed by atoms with E-state index in [1.54, 1.807) is 9.80 Å². The topological polar surface area (TPSA) is 86.6 Å². The minimum atomic E-state index is -0.460. The summed E-state index contributed by atoms with van der Waals surface area (Å²) in [6.07, 6.45) is 4.46. The van der Waals surface area contributed by atoms with Gasteiger partial charge in [-0.3, -0.25) is 14.6 Å². The lowest BCUT2D eigenvalue weighted by atomic mass is 9.60. The Kier molecular flexibility index (Phi) is 3.96. The normalized spacial score (nSPS) is 23.3. The first-order valence-corrected chi connectivity index (χ1v) is 8.59. The number of aliphatic hydroxyl groups is 1. The average molecular weight is 352 g/mol. The second kappa shape index (κ2) is 6.17. The molecule has 0 radical (unpaired) electrons. The number of hydrogen-bond donors (Lipinski definition) is 1. The van der Waals surface area contributed by atoms with Crippen molar-refractivity contribution >= 4 is 11.8 Å². The number of likely N-dealkylation sites (tertiary alicyclic amines) is 2. The number of amides is 2. The highest BCUT2D eigenvalue weighted by molar-refractivity contribution is 5.93. The third-order valence-electron chi connectivity index (χ3n) is 5.46. The van der Waals surface area contributed by atoms with Crippen molar-refractivity contribution in [2.75, 3.05) is 19.7 Å². The van der Waals surface area contributed by atoms with E-state index in [1.807, 2.05) is 30.3 Å². The van der Waals surface area contributed by atoms with Crippen LogP contribution in [0, 0.1) is 0 Å². The molecule has 2 aliphatic heterocycles. The molecule has 2 aromatic rings. The lowest BCUT2D eigenvalue weighted by molar-refractivity contribution is -0.191. The van der Waals surface area contributed by atoms with Crippen LogP contribution in [0.4, 0.5) is 0 Å². The molecule has 1 aromatic heterocycles. The quantitative estimate of drug-likeness (QED) is 0.878. The predicted molar refractivity (Wildman–Crippen MR) is 93.2 cm³/mol. The van der Waals surface area contributed by atoms with Crippen molar-refractivity contribution in [1.29, 1.82) is 0 Å². The largest absolute Gasteiger partial charge is 0.394 e. The first-order valence-electron chi connectivity index (χ1n) is 8.59. The zero-order valence-corrected chi connectivity index (χ0v) is 14.4. The van der Waals surface area contributed by atoms with E-state index >= 15 is 0 Å². The van der Waals surface area contributed by atoms with Crippen LogP contribution in [0.5, 0.6) is 0 Å². The summed E-state index contributed by atoms with van der Waals surface area (Å²) in [4.78, 5) is 36.2. The highest BCUT2D eigenvalue weighted by Gasteiger charge is 2.67. The molecule has 0 unspecified atom stereocenters. The first-order chi connectivity index (χ1) is 12.6. The van der Waals surface area contributed by atoms with Gasteiger partial charge >= 0.3 is 0 Å². The minimum absolute atomic E-state index is 0.00325. The first kappa shape index (κ1) is 16.7. The molecule has 0 aliphatic carbocycles. The van der Waals surface area contributed by atoms with Crippen LogP contribution < -0.4 is 0 Å². The summed E-state index contributed by atoms with van der Waals surface area (Å²) in [7, 11) is 0. The lowest BCUT2D eigenvalue weighted by Crippen LogP contribution is -2.85. The molecular formula is C19H20N4O3. The van der Waals surface area contributed by atoms with Gasteiger partial charge in [-0.1, -0.05) is 30.3 Å². The van der Waals surface area contributed by atoms with Gasteiger partial charge in [-0.05, 0) is 5.56 Å². The Hall–Kier alpha value is -2.80. The summed E-state index contributed by atoms with van der Waals surface area (Å²) in [5.74, 6) is -0.266. The summed E-state index contributed by atoms with van der Waals surface area (Å²) in [6.45, 7) is 2.27. The molecule has 2 amide bonds. The molecule has 7 heteroatoms. The van der Waals surface area contributed by atoms with Gasteiger partial charge in [0, 0.05) is 38.3 Å². The zero-order chi connectivity index (χ0) is 18.3. The van der Waals surface area contributed by atoms with Crippen molar-refractivity contribution in [3.05, 3.63) is 60.2 Å². The highest BCUT2D eigenvalue weighted by Crippen LogP contribution is 2.53. The zero-order valence-electron chi connectivity index (χ0n) is 14.4. The van der Waals surface area contributed by atoms with Crippen molar-refractivity contribution in [2.45, 2.75) is 24.4 Å². The van der Waals surface area contributed by atoms with Crippen molar-refractivity contribution in [3.8, 4) is 0 Å². The summed E-state index contributed by atoms with van der Waals surface area (Å²) >= 11 is 0. The van der Waals surface area contributed by atoms with Crippen LogP contribution in [0.1, 0.15) is 28.9 Å². The number of aromatic nitrogens is 2. The van der Waals surface area contributed by atoms with Crippen molar-refractivity contribution in [2.24, 2.45) is 0 Å². The van der Waals surface area contributed by atoms with Crippen molar-refractivity contribution < 1.29 is 14.7 Å². The van der Waals surface area contributed by atoms with Crippen molar-refractivity contribution in [3.63, 3.8) is 0 Å². The SMILES string of the molecule is CC(=O)N1[C@@H](CO)[C@@H](c2ccccc2)C12CN(C(=O)c1cnccn1)C2. The molecule has 2 saturated heterocycles. The van der Waals surface area contributed by atoms with E-state index in [4.69, 9.17) is 0 Å². The average Bonchev–Trinajstić information content (AvgIpc) is 2.61. The predicted octanol–water partition coefficient (Wildman–Crippen LogP) is 0.678. The second-order valence-electron chi connectivity index (χ2n) is 6.88. The molecule has 2 atom stereocenters. The summed E-state index contributed by atoms with van der Waals surface area (Å²) in [6, 6.07) is 9.61. The Morgan fingerprint density at radius 3 is 2.54 bits per heavy atom. The van der Waals surface area contributed by atoms with Crippen LogP contribution >= 0.6 is 0 Å². The number of carbonyl (C=O) groups is 2. The van der Waals surface area contributed by atoms with Gasteiger partial charge in [0.1, 0.15) is 5.69 Å². The van der Waals surface area contributed by atoms with Gasteiger partial charge < -0.3 is 14.9 Å². The highest BCUT2D eigenvalue weighted by atomic mass is 16.3. The number of benzene rings is 1. The molecule has 134 valence electrons. The van der Waals surface area contributed by atoms with Crippen LogP contribution in [0.3, 0.4) is 0 Å². The molecular weight excluding hydrogens is 332 g/mol. The molecule has 26 heavy (non-hydrogen) atoms. The third kappa shape index (κ3) is 2.31. The van der Waals surface area contributed by atoms with Crippen molar-refractivity contribution in [1.82, 2.24) is 19.8 Å². The van der Waals surface area contributed by atoms with Crippen LogP contribution in [-0.2, 0) is 4.79 Å². The lowest BCUT2D eigenvalue weighted by Gasteiger charge is -2.70. The second-order valence-corrected chi connectivity index (χ2v) is 6.88. The van der Waals surface area contributed by atoms with Crippen LogP contribution in [0.15, 0.2) is 48.9 Å². The van der Waals surface area contributed by atoms with Crippen LogP contribution in [0.25, 0.3) is 0 Å². The number of rotatable bonds is 3. The summed E-state index contributed by atoms with van der Waals surface area (Å²) in [5.41, 5.74) is 0.917. The number of aliphatic hydroxyl groups excluding tert-OH is 1. The summed E-state index contributed by atoms with van der Waals surface area (Å²) < 4.78 is 0. The molecule has 1 spiro atoms. The summed E-state index contributed by atoms with van der Waals surface area (Å²) in [5, 5.41) is 9.85. The fourth-order valence-corrected chi connectivity index (χ4v) is 4.51. The fourth-order valence-electron chi connectivity index (χ4n) is 4.51. The smallest absolute Gasteiger partial charge is 0.274 e. The molecule has 2 aliphatic rings. The molecule has 3 heterocycles. The van der Waals surface area contributed by atoms with Gasteiger partial charge in [0.25, 0.3) is 5.91 Å². The third-order valence-corrected chi connectivity index (χ3v) is 5.46. The van der Waals surface area contributed by atoms with E-state index in [1.165, 1.54) is 25.5 Å². The molecule has 0 saturated carbocycles. The number of hydrogen-bond acceptors (Lipinski definition) is 5.